The third-order valence-electron chi connectivity index (χ3n) is 5.19. The summed E-state index contributed by atoms with van der Waals surface area (Å²) in [5.41, 5.74) is 8.09. The van der Waals surface area contributed by atoms with Crippen LogP contribution in [-0.2, 0) is 22.0 Å². The van der Waals surface area contributed by atoms with Crippen molar-refractivity contribution in [3.63, 3.8) is 0 Å². The molecule has 3 rings (SSSR count). The van der Waals surface area contributed by atoms with Crippen molar-refractivity contribution in [1.82, 2.24) is 14.8 Å². The van der Waals surface area contributed by atoms with Gasteiger partial charge in [0.1, 0.15) is 5.00 Å². The summed E-state index contributed by atoms with van der Waals surface area (Å²) in [7, 11) is 3.07. The molecule has 2 aromatic heterocycles. The number of nitrogens with zero attached hydrogens (tertiary/aromatic N) is 3. The maximum absolute atomic E-state index is 12.6. The van der Waals surface area contributed by atoms with E-state index in [9.17, 15) is 14.4 Å². The Labute approximate surface area is 206 Å². The lowest BCUT2D eigenvalue weighted by Crippen LogP contribution is -2.16. The van der Waals surface area contributed by atoms with E-state index in [2.05, 4.69) is 48.4 Å². The lowest BCUT2D eigenvalue weighted by molar-refractivity contribution is -0.113. The Morgan fingerprint density at radius 2 is 1.82 bits per heavy atom. The Morgan fingerprint density at radius 3 is 2.38 bits per heavy atom. The van der Waals surface area contributed by atoms with E-state index in [1.165, 1.54) is 24.4 Å². The molecule has 0 aliphatic heterocycles. The summed E-state index contributed by atoms with van der Waals surface area (Å²) >= 11 is 2.15. The second kappa shape index (κ2) is 9.98. The SMILES string of the molecule is COC(=O)c1c(NC(=O)CSc2nnc(-c3ccc(C(C)(C)C)cc3)n2C)sc(C(N)=O)c1C. The number of carbonyl (C=O) groups excluding carboxylic acids is 3. The Bertz CT molecular complexity index is 1240. The molecule has 2 heterocycles. The molecule has 9 nitrogen and oxygen atoms in total. The van der Waals surface area contributed by atoms with Crippen molar-refractivity contribution in [2.24, 2.45) is 12.8 Å². The fraction of sp³-hybridized carbons (Fsp3) is 0.348. The first-order valence-corrected chi connectivity index (χ1v) is 12.2. The summed E-state index contributed by atoms with van der Waals surface area (Å²) in [5, 5.41) is 12.0. The number of nitrogens with one attached hydrogen (secondary N) is 1. The predicted octanol–water partition coefficient (Wildman–Crippen LogP) is 3.77. The molecule has 11 heteroatoms. The first kappa shape index (κ1) is 25.4. The average Bonchev–Trinajstić information content (AvgIpc) is 3.30. The summed E-state index contributed by atoms with van der Waals surface area (Å²) in [5.74, 6) is -0.981. The highest BCUT2D eigenvalue weighted by Crippen LogP contribution is 2.34. The van der Waals surface area contributed by atoms with E-state index in [4.69, 9.17) is 10.5 Å². The molecule has 2 amide bonds. The molecule has 0 saturated heterocycles. The summed E-state index contributed by atoms with van der Waals surface area (Å²) in [6.07, 6.45) is 0. The van der Waals surface area contributed by atoms with Crippen LogP contribution in [0.3, 0.4) is 0 Å². The molecule has 0 fully saturated rings. The van der Waals surface area contributed by atoms with Gasteiger partial charge in [-0.3, -0.25) is 9.59 Å². The molecule has 0 saturated carbocycles. The molecule has 0 bridgehead atoms. The fourth-order valence-corrected chi connectivity index (χ4v) is 5.06. The predicted molar refractivity (Wildman–Crippen MR) is 133 cm³/mol. The zero-order valence-corrected chi connectivity index (χ0v) is 21.5. The number of aromatic nitrogens is 3. The molecule has 1 aromatic carbocycles. The number of nitrogens with two attached hydrogens (primary N) is 1. The van der Waals surface area contributed by atoms with Crippen LogP contribution in [0.1, 0.15) is 51.9 Å². The zero-order chi connectivity index (χ0) is 25.2. The van der Waals surface area contributed by atoms with Gasteiger partial charge in [-0.1, -0.05) is 56.8 Å². The van der Waals surface area contributed by atoms with E-state index in [1.54, 1.807) is 6.92 Å². The number of primary amides is 1. The molecule has 3 aromatic rings. The average molecular weight is 502 g/mol. The molecule has 180 valence electrons. The second-order valence-electron chi connectivity index (χ2n) is 8.65. The van der Waals surface area contributed by atoms with E-state index >= 15 is 0 Å². The molecular weight excluding hydrogens is 474 g/mol. The number of methoxy groups -OCH3 is 1. The van der Waals surface area contributed by atoms with E-state index in [-0.39, 0.29) is 32.5 Å². The maximum atomic E-state index is 12.6. The van der Waals surface area contributed by atoms with Crippen LogP contribution in [0.5, 0.6) is 0 Å². The Balaban J connectivity index is 1.72. The number of benzene rings is 1. The van der Waals surface area contributed by atoms with Crippen molar-refractivity contribution in [2.45, 2.75) is 38.3 Å². The van der Waals surface area contributed by atoms with E-state index in [0.29, 0.717) is 16.5 Å². The monoisotopic (exact) mass is 501 g/mol. The minimum atomic E-state index is -0.676. The van der Waals surface area contributed by atoms with Gasteiger partial charge in [0.15, 0.2) is 11.0 Å². The zero-order valence-electron chi connectivity index (χ0n) is 19.9. The number of thiophene rings is 1. The van der Waals surface area contributed by atoms with Gasteiger partial charge >= 0.3 is 5.97 Å². The molecule has 0 aliphatic carbocycles. The van der Waals surface area contributed by atoms with Crippen molar-refractivity contribution < 1.29 is 19.1 Å². The van der Waals surface area contributed by atoms with Crippen LogP contribution in [0.2, 0.25) is 0 Å². The number of ether oxygens (including phenoxy) is 1. The van der Waals surface area contributed by atoms with Crippen LogP contribution in [0.15, 0.2) is 29.4 Å². The molecule has 0 spiro atoms. The minimum absolute atomic E-state index is 0.0262. The first-order chi connectivity index (χ1) is 15.9. The van der Waals surface area contributed by atoms with Crippen LogP contribution in [0, 0.1) is 6.92 Å². The number of hydrogen-bond acceptors (Lipinski definition) is 8. The number of esters is 1. The number of thioether (sulfide) groups is 1. The van der Waals surface area contributed by atoms with Gasteiger partial charge in [0, 0.05) is 12.6 Å². The number of rotatable bonds is 7. The van der Waals surface area contributed by atoms with Gasteiger partial charge in [0.25, 0.3) is 5.91 Å². The second-order valence-corrected chi connectivity index (χ2v) is 10.6. The van der Waals surface area contributed by atoms with Crippen LogP contribution in [-0.4, -0.2) is 45.4 Å². The summed E-state index contributed by atoms with van der Waals surface area (Å²) < 4.78 is 6.61. The highest BCUT2D eigenvalue weighted by molar-refractivity contribution is 7.99. The maximum Gasteiger partial charge on any atom is 0.341 e. The third kappa shape index (κ3) is 5.31. The quantitative estimate of drug-likeness (QED) is 0.372. The molecule has 0 unspecified atom stereocenters. The van der Waals surface area contributed by atoms with E-state index < -0.39 is 11.9 Å². The Kier molecular flexibility index (Phi) is 7.47. The largest absolute Gasteiger partial charge is 0.465 e. The van der Waals surface area contributed by atoms with Crippen LogP contribution < -0.4 is 11.1 Å². The normalized spacial score (nSPS) is 11.4. The van der Waals surface area contributed by atoms with Crippen molar-refractivity contribution in [2.75, 3.05) is 18.2 Å². The summed E-state index contributed by atoms with van der Waals surface area (Å²) in [6.45, 7) is 8.06. The van der Waals surface area contributed by atoms with Crippen molar-refractivity contribution in [1.29, 1.82) is 0 Å². The fourth-order valence-electron chi connectivity index (χ4n) is 3.29. The highest BCUT2D eigenvalue weighted by Gasteiger charge is 2.25. The summed E-state index contributed by atoms with van der Waals surface area (Å²) in [4.78, 5) is 36.6. The Morgan fingerprint density at radius 1 is 1.18 bits per heavy atom. The van der Waals surface area contributed by atoms with Crippen molar-refractivity contribution >= 4 is 45.9 Å². The van der Waals surface area contributed by atoms with Crippen LogP contribution in [0.25, 0.3) is 11.4 Å². The van der Waals surface area contributed by atoms with Gasteiger partial charge in [-0.05, 0) is 23.5 Å². The minimum Gasteiger partial charge on any atom is -0.465 e. The molecule has 0 atom stereocenters. The number of carbonyl (C=O) groups is 3. The van der Waals surface area contributed by atoms with Gasteiger partial charge in [-0.2, -0.15) is 0 Å². The van der Waals surface area contributed by atoms with Gasteiger partial charge in [0.2, 0.25) is 5.91 Å². The summed E-state index contributed by atoms with van der Waals surface area (Å²) in [6, 6.07) is 8.17. The van der Waals surface area contributed by atoms with Crippen molar-refractivity contribution in [3.8, 4) is 11.4 Å². The number of anilines is 1. The van der Waals surface area contributed by atoms with Gasteiger partial charge in [-0.25, -0.2) is 4.79 Å². The molecule has 0 radical (unpaired) electrons. The number of hydrogen-bond donors (Lipinski definition) is 2. The van der Waals surface area contributed by atoms with Crippen LogP contribution in [0.4, 0.5) is 5.00 Å². The molecule has 34 heavy (non-hydrogen) atoms. The standard InChI is InChI=1S/C23H27N5O4S2/c1-12-16(21(31)32-6)20(34-17(12)18(24)30)25-15(29)11-33-22-27-26-19(28(22)5)13-7-9-14(10-8-13)23(2,3)4/h7-10H,11H2,1-6H3,(H2,24,30)(H,25,29). The van der Waals surface area contributed by atoms with E-state index in [0.717, 1.165) is 16.9 Å². The number of amides is 2. The smallest absolute Gasteiger partial charge is 0.341 e. The Hall–Kier alpha value is -3.18. The topological polar surface area (TPSA) is 129 Å². The van der Waals surface area contributed by atoms with Gasteiger partial charge in [0.05, 0.1) is 23.3 Å². The van der Waals surface area contributed by atoms with E-state index in [1.807, 2.05) is 23.7 Å². The highest BCUT2D eigenvalue weighted by atomic mass is 32.2. The first-order valence-electron chi connectivity index (χ1n) is 10.4. The third-order valence-corrected chi connectivity index (χ3v) is 7.43. The molecule has 0 aliphatic rings. The van der Waals surface area contributed by atoms with Gasteiger partial charge < -0.3 is 20.4 Å². The van der Waals surface area contributed by atoms with Crippen LogP contribution >= 0.6 is 23.1 Å². The van der Waals surface area contributed by atoms with Crippen molar-refractivity contribution in [3.05, 3.63) is 45.8 Å². The molecule has 3 N–H and O–H groups in total. The lowest BCUT2D eigenvalue weighted by Gasteiger charge is -2.19. The lowest BCUT2D eigenvalue weighted by atomic mass is 9.87. The molecular formula is C23H27N5O4S2. The van der Waals surface area contributed by atoms with Gasteiger partial charge in [-0.15, -0.1) is 21.5 Å².